The van der Waals surface area contributed by atoms with Crippen molar-refractivity contribution in [1.29, 1.82) is 0 Å². The van der Waals surface area contributed by atoms with Crippen LogP contribution in [0.2, 0.25) is 0 Å². The molecule has 1 amide bonds. The Hall–Kier alpha value is -1.35. The van der Waals surface area contributed by atoms with Crippen LogP contribution >= 0.6 is 0 Å². The van der Waals surface area contributed by atoms with Gasteiger partial charge in [-0.25, -0.2) is 0 Å². The van der Waals surface area contributed by atoms with Crippen LogP contribution in [0.15, 0.2) is 18.2 Å². The molecule has 94 valence electrons. The molecule has 1 aromatic rings. The molecule has 0 aromatic heterocycles. The molecule has 0 spiro atoms. The molecule has 0 atom stereocenters. The summed E-state index contributed by atoms with van der Waals surface area (Å²) in [6.45, 7) is 9.51. The van der Waals surface area contributed by atoms with Crippen LogP contribution in [0.4, 0.5) is 0 Å². The maximum atomic E-state index is 10.7. The number of hydrogen-bond donors (Lipinski definition) is 2. The van der Waals surface area contributed by atoms with Gasteiger partial charge in [-0.15, -0.1) is 0 Å². The first-order valence-corrected chi connectivity index (χ1v) is 5.90. The lowest BCUT2D eigenvalue weighted by molar-refractivity contribution is -0.117. The van der Waals surface area contributed by atoms with Crippen molar-refractivity contribution in [2.24, 2.45) is 5.73 Å². The van der Waals surface area contributed by atoms with E-state index in [0.717, 1.165) is 6.54 Å². The Kier molecular flexibility index (Phi) is 4.29. The molecule has 3 nitrogen and oxygen atoms in total. The van der Waals surface area contributed by atoms with E-state index < -0.39 is 0 Å². The van der Waals surface area contributed by atoms with E-state index in [-0.39, 0.29) is 17.9 Å². The van der Waals surface area contributed by atoms with Crippen molar-refractivity contribution in [3.8, 4) is 0 Å². The maximum absolute atomic E-state index is 10.7. The number of carbonyl (C=O) groups excluding carboxylic acids is 1. The molecular weight excluding hydrogens is 212 g/mol. The van der Waals surface area contributed by atoms with Crippen molar-refractivity contribution in [1.82, 2.24) is 5.32 Å². The topological polar surface area (TPSA) is 55.1 Å². The Balaban J connectivity index is 2.81. The summed E-state index contributed by atoms with van der Waals surface area (Å²) in [7, 11) is 0. The molecule has 0 saturated carbocycles. The third kappa shape index (κ3) is 3.86. The zero-order valence-corrected chi connectivity index (χ0v) is 11.1. The number of carbonyl (C=O) groups is 1. The van der Waals surface area contributed by atoms with Gasteiger partial charge < -0.3 is 11.1 Å². The molecule has 0 aliphatic carbocycles. The fraction of sp³-hybridized carbons (Fsp3) is 0.500. The summed E-state index contributed by atoms with van der Waals surface area (Å²) < 4.78 is 0. The average molecular weight is 234 g/mol. The van der Waals surface area contributed by atoms with E-state index in [4.69, 9.17) is 5.73 Å². The van der Waals surface area contributed by atoms with Crippen LogP contribution in [0.1, 0.15) is 30.5 Å². The van der Waals surface area contributed by atoms with E-state index in [9.17, 15) is 4.79 Å². The highest BCUT2D eigenvalue weighted by atomic mass is 16.1. The fourth-order valence-electron chi connectivity index (χ4n) is 2.06. The van der Waals surface area contributed by atoms with E-state index >= 15 is 0 Å². The van der Waals surface area contributed by atoms with E-state index in [1.165, 1.54) is 16.7 Å². The zero-order chi connectivity index (χ0) is 13.1. The Morgan fingerprint density at radius 3 is 2.59 bits per heavy atom. The Morgan fingerprint density at radius 1 is 1.35 bits per heavy atom. The minimum Gasteiger partial charge on any atom is -0.369 e. The second kappa shape index (κ2) is 5.32. The molecule has 0 aliphatic rings. The van der Waals surface area contributed by atoms with Crippen LogP contribution < -0.4 is 11.1 Å². The van der Waals surface area contributed by atoms with Crippen molar-refractivity contribution in [3.63, 3.8) is 0 Å². The Morgan fingerprint density at radius 2 is 2.00 bits per heavy atom. The van der Waals surface area contributed by atoms with Crippen LogP contribution in [0, 0.1) is 13.8 Å². The monoisotopic (exact) mass is 234 g/mol. The summed E-state index contributed by atoms with van der Waals surface area (Å²) in [6, 6.07) is 6.47. The van der Waals surface area contributed by atoms with Gasteiger partial charge in [-0.05, 0) is 25.0 Å². The fourth-order valence-corrected chi connectivity index (χ4v) is 2.06. The highest BCUT2D eigenvalue weighted by Crippen LogP contribution is 2.26. The molecule has 0 saturated heterocycles. The highest BCUT2D eigenvalue weighted by Gasteiger charge is 2.22. The number of nitrogens with two attached hydrogens (primary N) is 1. The molecule has 17 heavy (non-hydrogen) atoms. The number of primary amides is 1. The second-order valence-electron chi connectivity index (χ2n) is 5.27. The first kappa shape index (κ1) is 13.7. The summed E-state index contributed by atoms with van der Waals surface area (Å²) in [5.74, 6) is -0.318. The quantitative estimate of drug-likeness (QED) is 0.814. The van der Waals surface area contributed by atoms with Crippen molar-refractivity contribution in [2.45, 2.75) is 33.1 Å². The van der Waals surface area contributed by atoms with Gasteiger partial charge in [0.1, 0.15) is 0 Å². The average Bonchev–Trinajstić information content (AvgIpc) is 2.20. The molecule has 0 bridgehead atoms. The van der Waals surface area contributed by atoms with Crippen LogP contribution in [0.5, 0.6) is 0 Å². The lowest BCUT2D eigenvalue weighted by Gasteiger charge is -2.27. The minimum absolute atomic E-state index is 0.00838. The number of nitrogens with one attached hydrogen (secondary N) is 1. The predicted molar refractivity (Wildman–Crippen MR) is 71.0 cm³/mol. The van der Waals surface area contributed by atoms with Crippen molar-refractivity contribution in [2.75, 3.05) is 13.1 Å². The molecule has 0 radical (unpaired) electrons. The largest absolute Gasteiger partial charge is 0.369 e. The molecule has 0 fully saturated rings. The number of hydrogen-bond acceptors (Lipinski definition) is 2. The van der Waals surface area contributed by atoms with Crippen molar-refractivity contribution < 1.29 is 4.79 Å². The van der Waals surface area contributed by atoms with Gasteiger partial charge in [-0.2, -0.15) is 0 Å². The van der Waals surface area contributed by atoms with E-state index in [0.29, 0.717) is 0 Å². The minimum atomic E-state index is -0.318. The lowest BCUT2D eigenvalue weighted by atomic mass is 9.81. The molecule has 0 unspecified atom stereocenters. The van der Waals surface area contributed by atoms with Gasteiger partial charge in [0.2, 0.25) is 5.91 Å². The third-order valence-electron chi connectivity index (χ3n) is 2.99. The standard InChI is InChI=1S/C14H22N2O/c1-10-5-6-11(2)12(7-10)14(3,4)9-16-8-13(15)17/h5-7,16H,8-9H2,1-4H3,(H2,15,17). The van der Waals surface area contributed by atoms with Gasteiger partial charge in [-0.3, -0.25) is 4.79 Å². The highest BCUT2D eigenvalue weighted by molar-refractivity contribution is 5.75. The normalized spacial score (nSPS) is 11.5. The number of aryl methyl sites for hydroxylation is 2. The summed E-state index contributed by atoms with van der Waals surface area (Å²) in [5, 5.41) is 3.10. The summed E-state index contributed by atoms with van der Waals surface area (Å²) in [5.41, 5.74) is 8.96. The Labute approximate surface area is 103 Å². The van der Waals surface area contributed by atoms with E-state index in [1.54, 1.807) is 0 Å². The lowest BCUT2D eigenvalue weighted by Crippen LogP contribution is -2.38. The van der Waals surface area contributed by atoms with Crippen LogP contribution in [0.3, 0.4) is 0 Å². The molecular formula is C14H22N2O. The molecule has 1 aromatic carbocycles. The summed E-state index contributed by atoms with van der Waals surface area (Å²) in [6.07, 6.45) is 0. The van der Waals surface area contributed by atoms with Crippen molar-refractivity contribution >= 4 is 5.91 Å². The van der Waals surface area contributed by atoms with Gasteiger partial charge >= 0.3 is 0 Å². The second-order valence-corrected chi connectivity index (χ2v) is 5.27. The van der Waals surface area contributed by atoms with Gasteiger partial charge in [-0.1, -0.05) is 37.6 Å². The van der Waals surface area contributed by atoms with Gasteiger partial charge in [0, 0.05) is 12.0 Å². The first-order chi connectivity index (χ1) is 7.83. The van der Waals surface area contributed by atoms with Crippen LogP contribution in [0.25, 0.3) is 0 Å². The number of amides is 1. The third-order valence-corrected chi connectivity index (χ3v) is 2.99. The molecule has 0 aliphatic heterocycles. The predicted octanol–water partition coefficient (Wildman–Crippen LogP) is 1.66. The summed E-state index contributed by atoms with van der Waals surface area (Å²) >= 11 is 0. The SMILES string of the molecule is Cc1ccc(C)c(C(C)(C)CNCC(N)=O)c1. The maximum Gasteiger partial charge on any atom is 0.231 e. The van der Waals surface area contributed by atoms with Gasteiger partial charge in [0.25, 0.3) is 0 Å². The smallest absolute Gasteiger partial charge is 0.231 e. The zero-order valence-electron chi connectivity index (χ0n) is 11.1. The number of benzene rings is 1. The molecule has 3 N–H and O–H groups in total. The molecule has 1 rings (SSSR count). The number of rotatable bonds is 5. The van der Waals surface area contributed by atoms with E-state index in [1.807, 2.05) is 0 Å². The molecule has 0 heterocycles. The first-order valence-electron chi connectivity index (χ1n) is 5.90. The molecule has 3 heteroatoms. The van der Waals surface area contributed by atoms with Crippen LogP contribution in [-0.4, -0.2) is 19.0 Å². The van der Waals surface area contributed by atoms with Gasteiger partial charge in [0.15, 0.2) is 0 Å². The van der Waals surface area contributed by atoms with Crippen molar-refractivity contribution in [3.05, 3.63) is 34.9 Å². The Bertz CT molecular complexity index is 411. The summed E-state index contributed by atoms with van der Waals surface area (Å²) in [4.78, 5) is 10.7. The van der Waals surface area contributed by atoms with Gasteiger partial charge in [0.05, 0.1) is 6.54 Å². The van der Waals surface area contributed by atoms with Crippen LogP contribution in [-0.2, 0) is 10.2 Å². The van der Waals surface area contributed by atoms with E-state index in [2.05, 4.69) is 51.2 Å².